The summed E-state index contributed by atoms with van der Waals surface area (Å²) in [7, 11) is 0. The van der Waals surface area contributed by atoms with Gasteiger partial charge >= 0.3 is 18.0 Å². The Labute approximate surface area is 154 Å². The number of carbonyl (C=O) groups excluding carboxylic acids is 3. The van der Waals surface area contributed by atoms with E-state index in [1.165, 1.54) is 23.3 Å². The molecule has 1 N–H and O–H groups in total. The highest BCUT2D eigenvalue weighted by Crippen LogP contribution is 2.15. The number of aromatic nitrogens is 2. The van der Waals surface area contributed by atoms with E-state index in [-0.39, 0.29) is 24.9 Å². The number of hydrogen-bond donors (Lipinski definition) is 1. The van der Waals surface area contributed by atoms with Gasteiger partial charge in [-0.25, -0.2) is 14.6 Å². The summed E-state index contributed by atoms with van der Waals surface area (Å²) in [6, 6.07) is -1.48. The van der Waals surface area contributed by atoms with Gasteiger partial charge in [0.25, 0.3) is 0 Å². The SMILES string of the molecule is CC(C)(C)COC(=O)C(CCC(=O)OC(C)(C)C)NC(=O)n1ccnc1. The molecule has 0 saturated carbocycles. The molecule has 8 nitrogen and oxygen atoms in total. The molecule has 8 heteroatoms. The van der Waals surface area contributed by atoms with Gasteiger partial charge in [-0.05, 0) is 32.6 Å². The molecule has 0 aliphatic carbocycles. The average Bonchev–Trinajstić information content (AvgIpc) is 3.00. The van der Waals surface area contributed by atoms with E-state index in [2.05, 4.69) is 10.3 Å². The molecule has 0 aromatic carbocycles. The third-order valence-electron chi connectivity index (χ3n) is 3.03. The maximum atomic E-state index is 12.4. The van der Waals surface area contributed by atoms with E-state index >= 15 is 0 Å². The van der Waals surface area contributed by atoms with Gasteiger partial charge < -0.3 is 14.8 Å². The Morgan fingerprint density at radius 3 is 2.31 bits per heavy atom. The van der Waals surface area contributed by atoms with Crippen molar-refractivity contribution in [1.82, 2.24) is 14.9 Å². The van der Waals surface area contributed by atoms with Crippen molar-refractivity contribution in [2.45, 2.75) is 66.0 Å². The van der Waals surface area contributed by atoms with Crippen molar-refractivity contribution in [1.29, 1.82) is 0 Å². The van der Waals surface area contributed by atoms with Crippen LogP contribution in [0.25, 0.3) is 0 Å². The quantitative estimate of drug-likeness (QED) is 0.776. The fourth-order valence-electron chi connectivity index (χ4n) is 1.89. The first-order chi connectivity index (χ1) is 11.9. The van der Waals surface area contributed by atoms with E-state index in [4.69, 9.17) is 9.47 Å². The molecule has 1 aromatic heterocycles. The zero-order valence-corrected chi connectivity index (χ0v) is 16.4. The molecule has 0 fully saturated rings. The number of rotatable bonds is 6. The number of amides is 1. The lowest BCUT2D eigenvalue weighted by Crippen LogP contribution is -2.44. The van der Waals surface area contributed by atoms with Gasteiger partial charge in [-0.3, -0.25) is 9.36 Å². The number of nitrogens with zero attached hydrogens (tertiary/aromatic N) is 2. The minimum Gasteiger partial charge on any atom is -0.464 e. The van der Waals surface area contributed by atoms with Gasteiger partial charge in [0, 0.05) is 18.8 Å². The second-order valence-corrected chi connectivity index (χ2v) is 8.27. The van der Waals surface area contributed by atoms with E-state index in [0.29, 0.717) is 0 Å². The third kappa shape index (κ3) is 8.64. The predicted octanol–water partition coefficient (Wildman–Crippen LogP) is 2.52. The molecule has 0 aliphatic rings. The monoisotopic (exact) mass is 367 g/mol. The summed E-state index contributed by atoms with van der Waals surface area (Å²) in [5, 5.41) is 2.58. The van der Waals surface area contributed by atoms with Gasteiger partial charge in [-0.1, -0.05) is 20.8 Å². The highest BCUT2D eigenvalue weighted by Gasteiger charge is 2.26. The zero-order chi connectivity index (χ0) is 20.0. The molecular weight excluding hydrogens is 338 g/mol. The first-order valence-electron chi connectivity index (χ1n) is 8.55. The van der Waals surface area contributed by atoms with Crippen LogP contribution in [0.4, 0.5) is 4.79 Å². The molecule has 146 valence electrons. The van der Waals surface area contributed by atoms with Crippen LogP contribution in [0.1, 0.15) is 54.4 Å². The molecule has 1 amide bonds. The fourth-order valence-corrected chi connectivity index (χ4v) is 1.89. The van der Waals surface area contributed by atoms with Crippen LogP contribution in [-0.4, -0.2) is 45.8 Å². The summed E-state index contributed by atoms with van der Waals surface area (Å²) in [5.41, 5.74) is -0.820. The van der Waals surface area contributed by atoms with Gasteiger partial charge in [0.1, 0.15) is 18.0 Å². The highest BCUT2D eigenvalue weighted by molar-refractivity contribution is 5.85. The smallest absolute Gasteiger partial charge is 0.328 e. The van der Waals surface area contributed by atoms with Crippen LogP contribution in [0.15, 0.2) is 18.7 Å². The maximum absolute atomic E-state index is 12.4. The Bertz CT molecular complexity index is 612. The van der Waals surface area contributed by atoms with E-state index in [9.17, 15) is 14.4 Å². The normalized spacial score (nSPS) is 13.0. The number of carbonyl (C=O) groups is 3. The Hall–Kier alpha value is -2.38. The van der Waals surface area contributed by atoms with Gasteiger partial charge in [0.2, 0.25) is 0 Å². The first kappa shape index (κ1) is 21.7. The van der Waals surface area contributed by atoms with Crippen LogP contribution in [0.3, 0.4) is 0 Å². The van der Waals surface area contributed by atoms with E-state index in [1.807, 2.05) is 20.8 Å². The van der Waals surface area contributed by atoms with Crippen LogP contribution in [0, 0.1) is 5.41 Å². The van der Waals surface area contributed by atoms with Gasteiger partial charge in [0.15, 0.2) is 0 Å². The minimum atomic E-state index is -0.959. The number of imidazole rings is 1. The number of esters is 2. The Morgan fingerprint density at radius 2 is 1.81 bits per heavy atom. The van der Waals surface area contributed by atoms with Crippen molar-refractivity contribution in [2.75, 3.05) is 6.61 Å². The lowest BCUT2D eigenvalue weighted by molar-refractivity contribution is -0.155. The molecule has 0 bridgehead atoms. The van der Waals surface area contributed by atoms with Crippen LogP contribution in [-0.2, 0) is 19.1 Å². The number of hydrogen-bond acceptors (Lipinski definition) is 6. The molecule has 1 rings (SSSR count). The molecule has 0 radical (unpaired) electrons. The van der Waals surface area contributed by atoms with Crippen molar-refractivity contribution < 1.29 is 23.9 Å². The van der Waals surface area contributed by atoms with E-state index in [0.717, 1.165) is 0 Å². The second kappa shape index (κ2) is 8.82. The highest BCUT2D eigenvalue weighted by atomic mass is 16.6. The average molecular weight is 367 g/mol. The molecule has 0 saturated heterocycles. The molecule has 1 atom stereocenters. The second-order valence-electron chi connectivity index (χ2n) is 8.27. The number of nitrogens with one attached hydrogen (secondary N) is 1. The summed E-state index contributed by atoms with van der Waals surface area (Å²) < 4.78 is 11.7. The van der Waals surface area contributed by atoms with Crippen molar-refractivity contribution in [3.05, 3.63) is 18.7 Å². The minimum absolute atomic E-state index is 0.0171. The Kier molecular flexibility index (Phi) is 7.35. The standard InChI is InChI=1S/C18H29N3O5/c1-17(2,3)11-25-15(23)13(7-8-14(22)26-18(4,5)6)20-16(24)21-10-9-19-12-21/h9-10,12-13H,7-8,11H2,1-6H3,(H,20,24). The summed E-state index contributed by atoms with van der Waals surface area (Å²) in [6.07, 6.45) is 4.30. The van der Waals surface area contributed by atoms with E-state index < -0.39 is 29.6 Å². The van der Waals surface area contributed by atoms with Crippen molar-refractivity contribution in [2.24, 2.45) is 5.41 Å². The fraction of sp³-hybridized carbons (Fsp3) is 0.667. The third-order valence-corrected chi connectivity index (χ3v) is 3.03. The van der Waals surface area contributed by atoms with Crippen LogP contribution in [0.2, 0.25) is 0 Å². The van der Waals surface area contributed by atoms with Crippen molar-refractivity contribution >= 4 is 18.0 Å². The summed E-state index contributed by atoms with van der Waals surface area (Å²) in [4.78, 5) is 40.3. The zero-order valence-electron chi connectivity index (χ0n) is 16.4. The first-order valence-corrected chi connectivity index (χ1v) is 8.55. The van der Waals surface area contributed by atoms with Crippen LogP contribution >= 0.6 is 0 Å². The Balaban J connectivity index is 2.72. The van der Waals surface area contributed by atoms with Crippen molar-refractivity contribution in [3.63, 3.8) is 0 Å². The van der Waals surface area contributed by atoms with Gasteiger partial charge in [-0.2, -0.15) is 0 Å². The molecule has 1 heterocycles. The van der Waals surface area contributed by atoms with Crippen molar-refractivity contribution in [3.8, 4) is 0 Å². The molecule has 1 aromatic rings. The van der Waals surface area contributed by atoms with Crippen LogP contribution in [0.5, 0.6) is 0 Å². The van der Waals surface area contributed by atoms with Gasteiger partial charge in [-0.15, -0.1) is 0 Å². The Morgan fingerprint density at radius 1 is 1.15 bits per heavy atom. The molecule has 0 spiro atoms. The molecular formula is C18H29N3O5. The largest absolute Gasteiger partial charge is 0.464 e. The summed E-state index contributed by atoms with van der Waals surface area (Å²) in [6.45, 7) is 11.3. The lowest BCUT2D eigenvalue weighted by Gasteiger charge is -2.23. The van der Waals surface area contributed by atoms with E-state index in [1.54, 1.807) is 20.8 Å². The molecule has 1 unspecified atom stereocenters. The predicted molar refractivity (Wildman–Crippen MR) is 95.4 cm³/mol. The summed E-state index contributed by atoms with van der Waals surface area (Å²) in [5.74, 6) is -1.03. The number of ether oxygens (including phenoxy) is 2. The van der Waals surface area contributed by atoms with Crippen LogP contribution < -0.4 is 5.32 Å². The molecule has 26 heavy (non-hydrogen) atoms. The lowest BCUT2D eigenvalue weighted by atomic mass is 9.98. The molecule has 0 aliphatic heterocycles. The van der Waals surface area contributed by atoms with Gasteiger partial charge in [0.05, 0.1) is 6.61 Å². The topological polar surface area (TPSA) is 99.5 Å². The summed E-state index contributed by atoms with van der Waals surface area (Å²) >= 11 is 0. The maximum Gasteiger partial charge on any atom is 0.328 e.